The average molecular weight is 920 g/mol. The molecule has 6 aromatic rings. The second kappa shape index (κ2) is 20.9. The van der Waals surface area contributed by atoms with Gasteiger partial charge in [-0.05, 0) is 122 Å². The van der Waals surface area contributed by atoms with E-state index in [1.807, 2.05) is 91.9 Å². The Morgan fingerprint density at radius 3 is 1.39 bits per heavy atom. The minimum absolute atomic E-state index is 0.314. The number of hydrogen-bond acceptors (Lipinski definition) is 6. The maximum absolute atomic E-state index is 13.4. The molecule has 328 valence electrons. The molecule has 0 aromatic heterocycles. The van der Waals surface area contributed by atoms with E-state index in [1.54, 1.807) is 60.7 Å². The molecule has 13 heteroatoms. The molecule has 0 bridgehead atoms. The summed E-state index contributed by atoms with van der Waals surface area (Å²) in [6.45, 7) is 2.71. The van der Waals surface area contributed by atoms with Gasteiger partial charge in [-0.1, -0.05) is 119 Å². The Labute approximate surface area is 386 Å². The molecule has 0 radical (unpaired) electrons. The molecule has 2 fully saturated rings. The van der Waals surface area contributed by atoms with Gasteiger partial charge in [-0.3, -0.25) is 9.59 Å². The molecule has 0 saturated carbocycles. The van der Waals surface area contributed by atoms with Crippen molar-refractivity contribution in [2.45, 2.75) is 70.0 Å². The zero-order valence-corrected chi connectivity index (χ0v) is 37.0. The number of carbonyl (C=O) groups excluding carboxylic acids is 2. The van der Waals surface area contributed by atoms with Crippen LogP contribution in [0, 0.1) is 6.92 Å². The maximum atomic E-state index is 13.4. The number of hydrogen-bond donors (Lipinski definition) is 2. The van der Waals surface area contributed by atoms with Crippen molar-refractivity contribution in [1.82, 2.24) is 9.80 Å². The highest BCUT2D eigenvalue weighted by Crippen LogP contribution is 2.41. The number of likely N-dealkylation sites (tertiary alicyclic amines) is 2. The number of nitrogens with zero attached hydrogens (tertiary/aromatic N) is 2. The van der Waals surface area contributed by atoms with E-state index in [4.69, 9.17) is 44.3 Å². The van der Waals surface area contributed by atoms with E-state index in [2.05, 4.69) is 0 Å². The summed E-state index contributed by atoms with van der Waals surface area (Å²) in [5.74, 6) is -1.23. The highest BCUT2D eigenvalue weighted by Gasteiger charge is 2.44. The number of aliphatic carboxylic acids is 2. The fourth-order valence-electron chi connectivity index (χ4n) is 8.08. The van der Waals surface area contributed by atoms with E-state index in [0.29, 0.717) is 70.8 Å². The Hall–Kier alpha value is -6.33. The molecule has 64 heavy (non-hydrogen) atoms. The summed E-state index contributed by atoms with van der Waals surface area (Å²) in [6, 6.07) is 41.0. The highest BCUT2D eigenvalue weighted by molar-refractivity contribution is 6.32. The Balaban J connectivity index is 0.000000191. The van der Waals surface area contributed by atoms with Crippen molar-refractivity contribution in [3.8, 4) is 11.5 Å². The number of carboxylic acids is 2. The van der Waals surface area contributed by atoms with Gasteiger partial charge in [0.25, 0.3) is 11.8 Å². The Bertz CT molecular complexity index is 2610. The Morgan fingerprint density at radius 2 is 0.969 bits per heavy atom. The van der Waals surface area contributed by atoms with Crippen LogP contribution in [0.5, 0.6) is 11.5 Å². The zero-order chi connectivity index (χ0) is 45.3. The summed E-state index contributed by atoms with van der Waals surface area (Å²) in [5, 5.41) is 21.1. The van der Waals surface area contributed by atoms with Gasteiger partial charge in [0, 0.05) is 26.2 Å². The van der Waals surface area contributed by atoms with Crippen LogP contribution < -0.4 is 9.47 Å². The number of ether oxygens (including phenoxy) is 2. The van der Waals surface area contributed by atoms with Gasteiger partial charge in [-0.2, -0.15) is 0 Å². The van der Waals surface area contributed by atoms with Gasteiger partial charge in [0.2, 0.25) is 0 Å². The molecule has 6 aromatic carbocycles. The molecule has 0 aliphatic carbocycles. The van der Waals surface area contributed by atoms with Crippen LogP contribution >= 0.6 is 34.8 Å². The minimum Gasteiger partial charge on any atom is -0.489 e. The van der Waals surface area contributed by atoms with Gasteiger partial charge in [-0.25, -0.2) is 9.59 Å². The standard InChI is InChI=1S/C26H24ClNO4.C25H21Cl2NO4/c1-17-6-12-20(13-7-17)32-16-18-8-10-19(11-9-18)25(29)28-23(14-15-24(28)26(30)31)21-4-2-3-5-22(21)27;26-18-4-3-5-19(14-18)32-15-16-8-10-17(11-9-16)24(29)28-22(12-13-23(28)25(30)31)20-6-1-2-7-21(20)27/h2-13,23-24H,14-16H2,1H3,(H,30,31);1-11,14,22-23H,12-13,15H2,(H,30,31)/t23-,24+;/m1./s1. The summed E-state index contributed by atoms with van der Waals surface area (Å²) in [7, 11) is 0. The Morgan fingerprint density at radius 1 is 0.531 bits per heavy atom. The highest BCUT2D eigenvalue weighted by atomic mass is 35.5. The number of carbonyl (C=O) groups is 4. The lowest BCUT2D eigenvalue weighted by molar-refractivity contribution is -0.142. The molecular weight excluding hydrogens is 875 g/mol. The monoisotopic (exact) mass is 918 g/mol. The first-order chi connectivity index (χ1) is 30.9. The predicted molar refractivity (Wildman–Crippen MR) is 246 cm³/mol. The number of halogens is 3. The largest absolute Gasteiger partial charge is 0.489 e. The number of amides is 2. The lowest BCUT2D eigenvalue weighted by atomic mass is 10.0. The van der Waals surface area contributed by atoms with Gasteiger partial charge in [-0.15, -0.1) is 0 Å². The van der Waals surface area contributed by atoms with E-state index in [-0.39, 0.29) is 23.9 Å². The van der Waals surface area contributed by atoms with Gasteiger partial charge in [0.05, 0.1) is 12.1 Å². The van der Waals surface area contributed by atoms with Gasteiger partial charge < -0.3 is 29.5 Å². The Kier molecular flexibility index (Phi) is 14.9. The van der Waals surface area contributed by atoms with Crippen molar-refractivity contribution in [3.63, 3.8) is 0 Å². The van der Waals surface area contributed by atoms with Crippen LogP contribution in [-0.2, 0) is 22.8 Å². The molecule has 2 unspecified atom stereocenters. The second-order valence-corrected chi connectivity index (χ2v) is 16.9. The van der Waals surface area contributed by atoms with Crippen molar-refractivity contribution in [2.75, 3.05) is 0 Å². The molecule has 4 atom stereocenters. The number of benzene rings is 6. The average Bonchev–Trinajstić information content (AvgIpc) is 3.95. The molecule has 10 nitrogen and oxygen atoms in total. The minimum atomic E-state index is -1.01. The summed E-state index contributed by atoms with van der Waals surface area (Å²) < 4.78 is 11.5. The molecule has 2 heterocycles. The van der Waals surface area contributed by atoms with Crippen LogP contribution in [0.4, 0.5) is 0 Å². The third-order valence-corrected chi connectivity index (χ3v) is 12.3. The molecule has 2 aliphatic rings. The quantitative estimate of drug-likeness (QED) is 0.124. The number of carboxylic acid groups (broad SMARTS) is 2. The van der Waals surface area contributed by atoms with Crippen molar-refractivity contribution >= 4 is 58.6 Å². The van der Waals surface area contributed by atoms with E-state index >= 15 is 0 Å². The molecule has 8 rings (SSSR count). The van der Waals surface area contributed by atoms with E-state index < -0.39 is 24.0 Å². The van der Waals surface area contributed by atoms with Crippen molar-refractivity contribution < 1.29 is 38.9 Å². The molecule has 2 amide bonds. The third kappa shape index (κ3) is 10.9. The van der Waals surface area contributed by atoms with E-state index in [0.717, 1.165) is 33.6 Å². The van der Waals surface area contributed by atoms with Crippen molar-refractivity contribution in [1.29, 1.82) is 0 Å². The normalized spacial score (nSPS) is 17.9. The SMILES string of the molecule is Cc1ccc(OCc2ccc(C(=O)N3[C@@H](c4ccccc4Cl)CC[C@H]3C(=O)O)cc2)cc1.O=C(O)C1CCC(c2ccccc2Cl)N1C(=O)c1ccc(COc2cccc(Cl)c2)cc1. The molecular formula is C51H45Cl3N2O8. The van der Waals surface area contributed by atoms with E-state index in [1.165, 1.54) is 9.80 Å². The van der Waals surface area contributed by atoms with Crippen molar-refractivity contribution in [3.05, 3.63) is 200 Å². The fourth-order valence-corrected chi connectivity index (χ4v) is 8.79. The smallest absolute Gasteiger partial charge is 0.326 e. The molecule has 2 aliphatic heterocycles. The molecule has 2 saturated heterocycles. The van der Waals surface area contributed by atoms with Crippen LogP contribution in [0.25, 0.3) is 0 Å². The summed E-state index contributed by atoms with van der Waals surface area (Å²) >= 11 is 18.7. The first-order valence-corrected chi connectivity index (χ1v) is 21.9. The lowest BCUT2D eigenvalue weighted by Gasteiger charge is -2.29. The zero-order valence-electron chi connectivity index (χ0n) is 34.8. The van der Waals surface area contributed by atoms with Crippen LogP contribution in [0.15, 0.2) is 146 Å². The molecule has 0 spiro atoms. The lowest BCUT2D eigenvalue weighted by Crippen LogP contribution is -2.41. The predicted octanol–water partition coefficient (Wildman–Crippen LogP) is 11.7. The summed E-state index contributed by atoms with van der Waals surface area (Å²) in [5.41, 5.74) is 5.35. The number of rotatable bonds is 12. The third-order valence-electron chi connectivity index (χ3n) is 11.4. The maximum Gasteiger partial charge on any atom is 0.326 e. The van der Waals surface area contributed by atoms with Gasteiger partial charge in [0.1, 0.15) is 36.8 Å². The summed E-state index contributed by atoms with van der Waals surface area (Å²) in [4.78, 5) is 53.3. The van der Waals surface area contributed by atoms with Crippen LogP contribution in [0.2, 0.25) is 15.1 Å². The van der Waals surface area contributed by atoms with Crippen LogP contribution in [0.1, 0.15) is 86.3 Å². The second-order valence-electron chi connectivity index (χ2n) is 15.6. The van der Waals surface area contributed by atoms with Gasteiger partial charge >= 0.3 is 11.9 Å². The van der Waals surface area contributed by atoms with Crippen molar-refractivity contribution in [2.24, 2.45) is 0 Å². The summed E-state index contributed by atoms with van der Waals surface area (Å²) in [6.07, 6.45) is 1.86. The van der Waals surface area contributed by atoms with Gasteiger partial charge in [0.15, 0.2) is 0 Å². The number of aryl methyl sites for hydroxylation is 1. The fraction of sp³-hybridized carbons (Fsp3) is 0.216. The first-order valence-electron chi connectivity index (χ1n) is 20.7. The van der Waals surface area contributed by atoms with Crippen LogP contribution in [-0.4, -0.2) is 55.8 Å². The molecule has 2 N–H and O–H groups in total. The topological polar surface area (TPSA) is 134 Å². The first kappa shape index (κ1) is 45.7. The van der Waals surface area contributed by atoms with Crippen LogP contribution in [0.3, 0.4) is 0 Å². The van der Waals surface area contributed by atoms with E-state index in [9.17, 15) is 29.4 Å².